The van der Waals surface area contributed by atoms with E-state index in [1.165, 1.54) is 12.8 Å². The number of carbonyl (C=O) groups is 1. The normalized spacial score (nSPS) is 29.3. The maximum absolute atomic E-state index is 11.8. The van der Waals surface area contributed by atoms with Crippen molar-refractivity contribution in [1.29, 1.82) is 0 Å². The van der Waals surface area contributed by atoms with Crippen molar-refractivity contribution >= 4 is 5.91 Å². The lowest BCUT2D eigenvalue weighted by molar-refractivity contribution is -0.139. The van der Waals surface area contributed by atoms with Gasteiger partial charge in [-0.1, -0.05) is 6.92 Å². The van der Waals surface area contributed by atoms with E-state index in [1.54, 1.807) is 0 Å². The van der Waals surface area contributed by atoms with Gasteiger partial charge in [0.2, 0.25) is 5.91 Å². The van der Waals surface area contributed by atoms with Crippen molar-refractivity contribution in [3.8, 4) is 0 Å². The quantitative estimate of drug-likeness (QED) is 0.694. The Morgan fingerprint density at radius 3 is 2.40 bits per heavy atom. The lowest BCUT2D eigenvalue weighted by Gasteiger charge is -2.34. The third kappa shape index (κ3) is 1.88. The molecule has 2 fully saturated rings. The molecule has 2 heterocycles. The summed E-state index contributed by atoms with van der Waals surface area (Å²) in [6, 6.07) is 0. The monoisotopic (exact) mass is 211 g/mol. The zero-order valence-electron chi connectivity index (χ0n) is 9.78. The molecule has 1 amide bonds. The van der Waals surface area contributed by atoms with Gasteiger partial charge in [-0.25, -0.2) is 5.01 Å². The Hall–Kier alpha value is -0.610. The summed E-state index contributed by atoms with van der Waals surface area (Å²) in [7, 11) is 0. The molecule has 0 spiro atoms. The first kappa shape index (κ1) is 10.9. The third-order valence-corrected chi connectivity index (χ3v) is 3.48. The van der Waals surface area contributed by atoms with Crippen LogP contribution in [0.25, 0.3) is 0 Å². The van der Waals surface area contributed by atoms with Crippen LogP contribution in [0.5, 0.6) is 0 Å². The zero-order chi connectivity index (χ0) is 10.8. The molecular weight excluding hydrogens is 190 g/mol. The fraction of sp³-hybridized carbons (Fsp3) is 0.909. The van der Waals surface area contributed by atoms with Gasteiger partial charge in [0, 0.05) is 13.1 Å². The van der Waals surface area contributed by atoms with E-state index in [0.717, 1.165) is 26.2 Å². The Kier molecular flexibility index (Phi) is 3.26. The molecule has 0 aliphatic carbocycles. The second-order valence-corrected chi connectivity index (χ2v) is 4.29. The summed E-state index contributed by atoms with van der Waals surface area (Å²) in [5, 5.41) is 4.14. The van der Waals surface area contributed by atoms with Crippen molar-refractivity contribution in [2.75, 3.05) is 26.2 Å². The van der Waals surface area contributed by atoms with E-state index in [2.05, 4.69) is 16.8 Å². The van der Waals surface area contributed by atoms with Crippen LogP contribution in [0.1, 0.15) is 33.1 Å². The molecule has 15 heavy (non-hydrogen) atoms. The molecule has 2 aliphatic rings. The summed E-state index contributed by atoms with van der Waals surface area (Å²) in [4.78, 5) is 14.3. The molecular formula is C11H21N3O. The second-order valence-electron chi connectivity index (χ2n) is 4.29. The number of hydrogen-bond donors (Lipinski definition) is 0. The van der Waals surface area contributed by atoms with E-state index in [0.29, 0.717) is 12.6 Å². The predicted molar refractivity (Wildman–Crippen MR) is 59.0 cm³/mol. The standard InChI is InChI=1S/C11H21N3O/c1-3-13-10(12-7-5-6-8-12)9-11(15)14(13)4-2/h10H,3-9H2,1-2H3. The highest BCUT2D eigenvalue weighted by molar-refractivity contribution is 5.78. The number of carbonyl (C=O) groups excluding carboxylic acids is 1. The molecule has 0 aromatic heterocycles. The number of hydrazine groups is 1. The molecule has 86 valence electrons. The van der Waals surface area contributed by atoms with Crippen LogP contribution in [0.4, 0.5) is 0 Å². The first-order chi connectivity index (χ1) is 7.27. The highest BCUT2D eigenvalue weighted by Gasteiger charge is 2.39. The van der Waals surface area contributed by atoms with Crippen LogP contribution in [0.3, 0.4) is 0 Å². The average Bonchev–Trinajstić information content (AvgIpc) is 2.83. The van der Waals surface area contributed by atoms with Crippen molar-refractivity contribution in [2.45, 2.75) is 39.3 Å². The minimum atomic E-state index is 0.288. The van der Waals surface area contributed by atoms with Crippen molar-refractivity contribution in [3.05, 3.63) is 0 Å². The zero-order valence-corrected chi connectivity index (χ0v) is 9.78. The molecule has 0 saturated carbocycles. The van der Waals surface area contributed by atoms with E-state index in [4.69, 9.17) is 0 Å². The number of rotatable bonds is 3. The molecule has 4 heteroatoms. The van der Waals surface area contributed by atoms with Crippen LogP contribution in [0, 0.1) is 0 Å². The van der Waals surface area contributed by atoms with E-state index in [-0.39, 0.29) is 5.91 Å². The van der Waals surface area contributed by atoms with Gasteiger partial charge in [0.05, 0.1) is 12.6 Å². The van der Waals surface area contributed by atoms with E-state index in [9.17, 15) is 4.79 Å². The van der Waals surface area contributed by atoms with Gasteiger partial charge in [-0.2, -0.15) is 0 Å². The van der Waals surface area contributed by atoms with Crippen LogP contribution < -0.4 is 0 Å². The minimum absolute atomic E-state index is 0.288. The van der Waals surface area contributed by atoms with Gasteiger partial charge in [-0.05, 0) is 32.9 Å². The Morgan fingerprint density at radius 1 is 1.20 bits per heavy atom. The van der Waals surface area contributed by atoms with Gasteiger partial charge >= 0.3 is 0 Å². The molecule has 4 nitrogen and oxygen atoms in total. The molecule has 0 aromatic carbocycles. The van der Waals surface area contributed by atoms with Crippen molar-refractivity contribution in [2.24, 2.45) is 0 Å². The first-order valence-electron chi connectivity index (χ1n) is 6.09. The molecule has 1 atom stereocenters. The summed E-state index contributed by atoms with van der Waals surface area (Å²) in [5.41, 5.74) is 0. The Labute approximate surface area is 91.8 Å². The third-order valence-electron chi connectivity index (χ3n) is 3.48. The average molecular weight is 211 g/mol. The molecule has 0 radical (unpaired) electrons. The largest absolute Gasteiger partial charge is 0.286 e. The van der Waals surface area contributed by atoms with Gasteiger partial charge < -0.3 is 0 Å². The number of hydrogen-bond acceptors (Lipinski definition) is 3. The van der Waals surface area contributed by atoms with Gasteiger partial charge in [0.15, 0.2) is 0 Å². The highest BCUT2D eigenvalue weighted by atomic mass is 16.2. The first-order valence-corrected chi connectivity index (χ1v) is 6.09. The lowest BCUT2D eigenvalue weighted by Crippen LogP contribution is -2.48. The van der Waals surface area contributed by atoms with Gasteiger partial charge in [0.25, 0.3) is 0 Å². The van der Waals surface area contributed by atoms with Crippen LogP contribution in [0.2, 0.25) is 0 Å². The highest BCUT2D eigenvalue weighted by Crippen LogP contribution is 2.25. The van der Waals surface area contributed by atoms with Gasteiger partial charge in [-0.15, -0.1) is 0 Å². The smallest absolute Gasteiger partial charge is 0.239 e. The van der Waals surface area contributed by atoms with Crippen molar-refractivity contribution in [3.63, 3.8) is 0 Å². The van der Waals surface area contributed by atoms with Crippen LogP contribution in [-0.4, -0.2) is 53.2 Å². The Balaban J connectivity index is 2.08. The minimum Gasteiger partial charge on any atom is -0.286 e. The van der Waals surface area contributed by atoms with Gasteiger partial charge in [-0.3, -0.25) is 14.7 Å². The van der Waals surface area contributed by atoms with Crippen molar-refractivity contribution < 1.29 is 4.79 Å². The van der Waals surface area contributed by atoms with E-state index >= 15 is 0 Å². The predicted octanol–water partition coefficient (Wildman–Crippen LogP) is 0.897. The summed E-state index contributed by atoms with van der Waals surface area (Å²) in [6.45, 7) is 8.23. The summed E-state index contributed by atoms with van der Waals surface area (Å²) >= 11 is 0. The van der Waals surface area contributed by atoms with Crippen molar-refractivity contribution in [1.82, 2.24) is 14.9 Å². The summed E-state index contributed by atoms with van der Waals surface area (Å²) in [6.07, 6.45) is 3.59. The van der Waals surface area contributed by atoms with Gasteiger partial charge in [0.1, 0.15) is 0 Å². The fourth-order valence-electron chi connectivity index (χ4n) is 2.77. The summed E-state index contributed by atoms with van der Waals surface area (Å²) < 4.78 is 0. The Bertz CT molecular complexity index is 238. The summed E-state index contributed by atoms with van der Waals surface area (Å²) in [5.74, 6) is 0.288. The van der Waals surface area contributed by atoms with Crippen LogP contribution in [-0.2, 0) is 4.79 Å². The molecule has 0 bridgehead atoms. The number of likely N-dealkylation sites (tertiary alicyclic amines) is 1. The molecule has 2 saturated heterocycles. The molecule has 0 aromatic rings. The molecule has 1 unspecified atom stereocenters. The van der Waals surface area contributed by atoms with E-state index < -0.39 is 0 Å². The topological polar surface area (TPSA) is 26.8 Å². The second kappa shape index (κ2) is 4.49. The molecule has 2 aliphatic heterocycles. The Morgan fingerprint density at radius 2 is 1.87 bits per heavy atom. The molecule has 2 rings (SSSR count). The maximum Gasteiger partial charge on any atom is 0.239 e. The lowest BCUT2D eigenvalue weighted by atomic mass is 10.3. The fourth-order valence-corrected chi connectivity index (χ4v) is 2.77. The van der Waals surface area contributed by atoms with E-state index in [1.807, 2.05) is 11.9 Å². The SMILES string of the molecule is CCN1C(=O)CC(N2CCCC2)N1CC. The molecule has 0 N–H and O–H groups in total. The number of amides is 1. The maximum atomic E-state index is 11.8. The van der Waals surface area contributed by atoms with Crippen LogP contribution in [0.15, 0.2) is 0 Å². The number of nitrogens with zero attached hydrogens (tertiary/aromatic N) is 3. The van der Waals surface area contributed by atoms with Crippen LogP contribution >= 0.6 is 0 Å².